The molecular weight excluding hydrogens is 414 g/mol. The molecule has 0 radical (unpaired) electrons. The summed E-state index contributed by atoms with van der Waals surface area (Å²) >= 11 is 0. The number of para-hydroxylation sites is 2. The molecule has 31 heavy (non-hydrogen) atoms. The molecule has 7 heteroatoms. The average Bonchev–Trinajstić information content (AvgIpc) is 2.79. The normalized spacial score (nSPS) is 10.9. The van der Waals surface area contributed by atoms with Crippen LogP contribution in [0.5, 0.6) is 11.5 Å². The predicted molar refractivity (Wildman–Crippen MR) is 120 cm³/mol. The lowest BCUT2D eigenvalue weighted by molar-refractivity contribution is 0.0734. The fourth-order valence-electron chi connectivity index (χ4n) is 2.96. The minimum Gasteiger partial charge on any atom is -0.495 e. The van der Waals surface area contributed by atoms with Crippen LogP contribution in [0.25, 0.3) is 0 Å². The largest absolute Gasteiger partial charge is 0.495 e. The summed E-state index contributed by atoms with van der Waals surface area (Å²) in [5.41, 5.74) is 1.53. The fourth-order valence-corrected chi connectivity index (χ4v) is 4.45. The Balaban J connectivity index is 1.95. The van der Waals surface area contributed by atoms with Gasteiger partial charge in [0.05, 0.1) is 29.8 Å². The molecule has 0 bridgehead atoms. The lowest BCUT2D eigenvalue weighted by atomic mass is 10.2. The number of benzene rings is 3. The maximum atomic E-state index is 13.4. The number of aryl methyl sites for hydroxylation is 1. The second-order valence-corrected chi connectivity index (χ2v) is 8.59. The highest BCUT2D eigenvalue weighted by atomic mass is 32.2. The van der Waals surface area contributed by atoms with Crippen molar-refractivity contribution in [2.24, 2.45) is 0 Å². The average molecular weight is 438 g/mol. The van der Waals surface area contributed by atoms with Crippen LogP contribution in [0, 0.1) is 6.92 Å². The highest BCUT2D eigenvalue weighted by Crippen LogP contribution is 2.32. The molecule has 0 saturated carbocycles. The molecule has 0 aliphatic heterocycles. The number of sulfonamides is 1. The molecular formula is C24H23NO5S. The molecule has 0 N–H and O–H groups in total. The predicted octanol–water partition coefficient (Wildman–Crippen LogP) is 4.60. The van der Waals surface area contributed by atoms with E-state index in [1.165, 1.54) is 41.8 Å². The minimum absolute atomic E-state index is 0.0285. The Labute approximate surface area is 182 Å². The van der Waals surface area contributed by atoms with Gasteiger partial charge in [-0.05, 0) is 49.4 Å². The van der Waals surface area contributed by atoms with Crippen molar-refractivity contribution in [2.45, 2.75) is 11.8 Å². The zero-order valence-corrected chi connectivity index (χ0v) is 18.1. The van der Waals surface area contributed by atoms with E-state index in [0.717, 1.165) is 5.56 Å². The van der Waals surface area contributed by atoms with E-state index in [9.17, 15) is 13.2 Å². The van der Waals surface area contributed by atoms with Crippen molar-refractivity contribution in [1.82, 2.24) is 0 Å². The standard InChI is InChI=1S/C24H23NO5S/c1-4-16-25(22-10-5-6-11-23(22)29-3)31(27,28)21-9-7-8-19(17-21)24(26)30-20-14-12-18(2)13-15-20/h4-15,17H,1,16H2,2-3H3. The molecule has 3 aromatic rings. The van der Waals surface area contributed by atoms with E-state index in [1.807, 2.05) is 19.1 Å². The number of carbonyl (C=O) groups excluding carboxylic acids is 1. The molecule has 0 aliphatic rings. The van der Waals surface area contributed by atoms with E-state index in [1.54, 1.807) is 36.4 Å². The highest BCUT2D eigenvalue weighted by Gasteiger charge is 2.27. The van der Waals surface area contributed by atoms with Gasteiger partial charge in [0.2, 0.25) is 0 Å². The topological polar surface area (TPSA) is 72.9 Å². The zero-order valence-electron chi connectivity index (χ0n) is 17.3. The number of methoxy groups -OCH3 is 1. The van der Waals surface area contributed by atoms with Gasteiger partial charge in [0.15, 0.2) is 0 Å². The summed E-state index contributed by atoms with van der Waals surface area (Å²) in [5, 5.41) is 0. The third-order valence-electron chi connectivity index (χ3n) is 4.54. The molecule has 0 atom stereocenters. The quantitative estimate of drug-likeness (QED) is 0.292. The molecule has 0 spiro atoms. The van der Waals surface area contributed by atoms with E-state index < -0.39 is 16.0 Å². The van der Waals surface area contributed by atoms with Crippen molar-refractivity contribution in [3.8, 4) is 11.5 Å². The van der Waals surface area contributed by atoms with Gasteiger partial charge in [-0.2, -0.15) is 0 Å². The third-order valence-corrected chi connectivity index (χ3v) is 6.31. The van der Waals surface area contributed by atoms with Crippen LogP contribution in [0.1, 0.15) is 15.9 Å². The first-order chi connectivity index (χ1) is 14.9. The maximum absolute atomic E-state index is 13.4. The summed E-state index contributed by atoms with van der Waals surface area (Å²) in [4.78, 5) is 12.5. The van der Waals surface area contributed by atoms with Crippen LogP contribution in [-0.2, 0) is 10.0 Å². The summed E-state index contributed by atoms with van der Waals surface area (Å²) in [7, 11) is -2.54. The summed E-state index contributed by atoms with van der Waals surface area (Å²) in [6.07, 6.45) is 1.49. The monoisotopic (exact) mass is 437 g/mol. The van der Waals surface area contributed by atoms with Gasteiger partial charge >= 0.3 is 5.97 Å². The Bertz CT molecular complexity index is 1190. The Morgan fingerprint density at radius 3 is 2.42 bits per heavy atom. The summed E-state index contributed by atoms with van der Waals surface area (Å²) < 4.78 is 38.7. The molecule has 160 valence electrons. The number of nitrogens with zero attached hydrogens (tertiary/aromatic N) is 1. The van der Waals surface area contributed by atoms with Crippen LogP contribution in [0.15, 0.2) is 90.3 Å². The van der Waals surface area contributed by atoms with Gasteiger partial charge in [-0.25, -0.2) is 13.2 Å². The van der Waals surface area contributed by atoms with E-state index >= 15 is 0 Å². The van der Waals surface area contributed by atoms with Crippen LogP contribution in [-0.4, -0.2) is 28.0 Å². The van der Waals surface area contributed by atoms with E-state index in [4.69, 9.17) is 9.47 Å². The number of rotatable bonds is 8. The molecule has 0 heterocycles. The molecule has 0 aromatic heterocycles. The van der Waals surface area contributed by atoms with E-state index in [2.05, 4.69) is 6.58 Å². The molecule has 3 aromatic carbocycles. The van der Waals surface area contributed by atoms with Crippen LogP contribution in [0.4, 0.5) is 5.69 Å². The van der Waals surface area contributed by atoms with Gasteiger partial charge in [0.25, 0.3) is 10.0 Å². The second-order valence-electron chi connectivity index (χ2n) is 6.73. The number of hydrogen-bond acceptors (Lipinski definition) is 5. The number of hydrogen-bond donors (Lipinski definition) is 0. The maximum Gasteiger partial charge on any atom is 0.343 e. The van der Waals surface area contributed by atoms with Crippen molar-refractivity contribution in [3.05, 3.63) is 96.6 Å². The van der Waals surface area contributed by atoms with Crippen molar-refractivity contribution in [1.29, 1.82) is 0 Å². The summed E-state index contributed by atoms with van der Waals surface area (Å²) in [6, 6.07) is 19.6. The molecule has 6 nitrogen and oxygen atoms in total. The van der Waals surface area contributed by atoms with Crippen molar-refractivity contribution in [2.75, 3.05) is 18.0 Å². The van der Waals surface area contributed by atoms with Crippen LogP contribution >= 0.6 is 0 Å². The summed E-state index contributed by atoms with van der Waals surface area (Å²) in [5.74, 6) is 0.141. The molecule has 0 aliphatic carbocycles. The van der Waals surface area contributed by atoms with Crippen molar-refractivity contribution in [3.63, 3.8) is 0 Å². The first kappa shape index (κ1) is 22.1. The van der Waals surface area contributed by atoms with Gasteiger partial charge in [-0.3, -0.25) is 4.31 Å². The highest BCUT2D eigenvalue weighted by molar-refractivity contribution is 7.92. The molecule has 0 saturated heterocycles. The second kappa shape index (κ2) is 9.49. The zero-order chi connectivity index (χ0) is 22.4. The van der Waals surface area contributed by atoms with Gasteiger partial charge in [-0.1, -0.05) is 42.0 Å². The van der Waals surface area contributed by atoms with Gasteiger partial charge in [0, 0.05) is 0 Å². The van der Waals surface area contributed by atoms with Gasteiger partial charge in [0.1, 0.15) is 11.5 Å². The first-order valence-corrected chi connectivity index (χ1v) is 11.0. The SMILES string of the molecule is C=CCN(c1ccccc1OC)S(=O)(=O)c1cccc(C(=O)Oc2ccc(C)cc2)c1. The number of anilines is 1. The lowest BCUT2D eigenvalue weighted by Gasteiger charge is -2.25. The first-order valence-electron chi connectivity index (χ1n) is 9.52. The fraction of sp³-hybridized carbons (Fsp3) is 0.125. The number of esters is 1. The van der Waals surface area contributed by atoms with E-state index in [-0.39, 0.29) is 17.0 Å². The summed E-state index contributed by atoms with van der Waals surface area (Å²) in [6.45, 7) is 5.62. The van der Waals surface area contributed by atoms with Crippen molar-refractivity contribution < 1.29 is 22.7 Å². The van der Waals surface area contributed by atoms with Gasteiger partial charge < -0.3 is 9.47 Å². The molecule has 3 rings (SSSR count). The molecule has 0 amide bonds. The Kier molecular flexibility index (Phi) is 6.77. The molecule has 0 unspecified atom stereocenters. The molecule has 0 fully saturated rings. The number of ether oxygens (including phenoxy) is 2. The van der Waals surface area contributed by atoms with Crippen LogP contribution in [0.3, 0.4) is 0 Å². The van der Waals surface area contributed by atoms with Crippen molar-refractivity contribution >= 4 is 21.7 Å². The Hall–Kier alpha value is -3.58. The Morgan fingerprint density at radius 1 is 1.03 bits per heavy atom. The minimum atomic E-state index is -4.01. The van der Waals surface area contributed by atoms with Crippen LogP contribution < -0.4 is 13.8 Å². The van der Waals surface area contributed by atoms with Gasteiger partial charge in [-0.15, -0.1) is 6.58 Å². The van der Waals surface area contributed by atoms with E-state index in [0.29, 0.717) is 17.2 Å². The third kappa shape index (κ3) is 4.95. The lowest BCUT2D eigenvalue weighted by Crippen LogP contribution is -2.31. The smallest absolute Gasteiger partial charge is 0.343 e. The van der Waals surface area contributed by atoms with Crippen LogP contribution in [0.2, 0.25) is 0 Å². The Morgan fingerprint density at radius 2 is 1.74 bits per heavy atom. The number of carbonyl (C=O) groups is 1.